The number of nitrogens with one attached hydrogen (secondary N) is 4. The lowest BCUT2D eigenvalue weighted by Gasteiger charge is -2.34. The van der Waals surface area contributed by atoms with Crippen LogP contribution in [0.5, 0.6) is 0 Å². The molecule has 4 N–H and O–H groups in total. The van der Waals surface area contributed by atoms with Crippen molar-refractivity contribution in [2.24, 2.45) is 5.92 Å². The van der Waals surface area contributed by atoms with E-state index in [1.807, 2.05) is 23.2 Å². The highest BCUT2D eigenvalue weighted by Gasteiger charge is 2.43. The molecule has 2 unspecified atom stereocenters. The lowest BCUT2D eigenvalue weighted by molar-refractivity contribution is -0.136. The van der Waals surface area contributed by atoms with Crippen molar-refractivity contribution in [3.05, 3.63) is 102 Å². The number of ether oxygens (including phenoxy) is 3. The summed E-state index contributed by atoms with van der Waals surface area (Å²) < 4.78 is 15.2. The van der Waals surface area contributed by atoms with Gasteiger partial charge in [0.15, 0.2) is 0 Å². The zero-order chi connectivity index (χ0) is 41.3. The number of hydrogen-bond acceptors (Lipinski definition) is 9. The van der Waals surface area contributed by atoms with Crippen molar-refractivity contribution in [2.75, 3.05) is 38.9 Å². The van der Waals surface area contributed by atoms with Gasteiger partial charge in [-0.1, -0.05) is 66.7 Å². The summed E-state index contributed by atoms with van der Waals surface area (Å²) in [6.07, 6.45) is 7.13. The zero-order valence-corrected chi connectivity index (χ0v) is 33.6. The van der Waals surface area contributed by atoms with E-state index in [0.29, 0.717) is 57.7 Å². The molecule has 2 saturated heterocycles. The number of imidazole rings is 2. The fourth-order valence-electron chi connectivity index (χ4n) is 9.28. The fourth-order valence-corrected chi connectivity index (χ4v) is 9.28. The molecule has 9 rings (SSSR count). The maximum absolute atomic E-state index is 14.0. The Bertz CT molecular complexity index is 2390. The van der Waals surface area contributed by atoms with E-state index in [9.17, 15) is 19.2 Å². The number of aryl methyl sites for hydroxylation is 1. The minimum Gasteiger partial charge on any atom is -0.453 e. The summed E-state index contributed by atoms with van der Waals surface area (Å²) in [7, 11) is 2.60. The summed E-state index contributed by atoms with van der Waals surface area (Å²) in [6, 6.07) is 20.7. The number of hydrogen-bond donors (Lipinski definition) is 4. The number of alkyl carbamates (subject to hydrolysis) is 2. The number of methoxy groups -OCH3 is 2. The number of H-pyrrole nitrogens is 2. The summed E-state index contributed by atoms with van der Waals surface area (Å²) in [5.41, 5.74) is 8.81. The third-order valence-electron chi connectivity index (χ3n) is 12.4. The number of rotatable bonds is 9. The minimum absolute atomic E-state index is 0.0299. The molecule has 0 spiro atoms. The molecule has 3 aromatic carbocycles. The van der Waals surface area contributed by atoms with Gasteiger partial charge in [-0.3, -0.25) is 14.5 Å². The number of benzene rings is 3. The monoisotopic (exact) mass is 812 g/mol. The maximum Gasteiger partial charge on any atom is 0.407 e. The van der Waals surface area contributed by atoms with E-state index >= 15 is 0 Å². The van der Waals surface area contributed by atoms with E-state index in [0.717, 1.165) is 69.1 Å². The van der Waals surface area contributed by atoms with Crippen molar-refractivity contribution in [1.29, 1.82) is 0 Å². The second kappa shape index (κ2) is 16.6. The molecule has 15 nitrogen and oxygen atoms in total. The molecule has 4 amide bonds. The van der Waals surface area contributed by atoms with Crippen LogP contribution in [0, 0.1) is 5.92 Å². The first-order valence-electron chi connectivity index (χ1n) is 20.6. The predicted octanol–water partition coefficient (Wildman–Crippen LogP) is 6.25. The topological polar surface area (TPSA) is 184 Å². The van der Waals surface area contributed by atoms with Gasteiger partial charge >= 0.3 is 12.2 Å². The number of para-hydroxylation sites is 1. The normalized spacial score (nSPS) is 20.6. The summed E-state index contributed by atoms with van der Waals surface area (Å²) in [6.45, 7) is 1.70. The van der Waals surface area contributed by atoms with Crippen LogP contribution in [0.2, 0.25) is 0 Å². The Morgan fingerprint density at radius 1 is 0.767 bits per heavy atom. The fraction of sp³-hybridized carbons (Fsp3) is 0.378. The molecule has 2 fully saturated rings. The number of aromatic nitrogens is 4. The van der Waals surface area contributed by atoms with Gasteiger partial charge in [-0.2, -0.15) is 0 Å². The maximum atomic E-state index is 14.0. The lowest BCUT2D eigenvalue weighted by atomic mass is 9.90. The Morgan fingerprint density at radius 2 is 1.37 bits per heavy atom. The van der Waals surface area contributed by atoms with Gasteiger partial charge in [0.05, 0.1) is 55.8 Å². The molecule has 5 aromatic rings. The molecule has 60 heavy (non-hydrogen) atoms. The summed E-state index contributed by atoms with van der Waals surface area (Å²) in [4.78, 5) is 72.4. The van der Waals surface area contributed by atoms with Crippen LogP contribution in [-0.4, -0.2) is 94.9 Å². The molecule has 0 radical (unpaired) electrons. The number of anilines is 1. The van der Waals surface area contributed by atoms with Gasteiger partial charge in [0.1, 0.15) is 23.7 Å². The van der Waals surface area contributed by atoms with Crippen molar-refractivity contribution >= 4 is 29.7 Å². The Kier molecular flexibility index (Phi) is 10.8. The van der Waals surface area contributed by atoms with Crippen molar-refractivity contribution in [3.8, 4) is 33.6 Å². The predicted molar refractivity (Wildman–Crippen MR) is 222 cm³/mol. The molecule has 6 heterocycles. The van der Waals surface area contributed by atoms with Gasteiger partial charge in [-0.25, -0.2) is 19.6 Å². The van der Waals surface area contributed by atoms with Crippen molar-refractivity contribution in [3.63, 3.8) is 0 Å². The number of nitrogens with zero attached hydrogens (tertiary/aromatic N) is 4. The van der Waals surface area contributed by atoms with E-state index < -0.39 is 24.3 Å². The third kappa shape index (κ3) is 7.49. The van der Waals surface area contributed by atoms with Gasteiger partial charge in [-0.15, -0.1) is 0 Å². The van der Waals surface area contributed by atoms with Crippen LogP contribution in [0.1, 0.15) is 67.0 Å². The van der Waals surface area contributed by atoms with E-state index in [2.05, 4.69) is 75.2 Å². The highest BCUT2D eigenvalue weighted by molar-refractivity contribution is 6.02. The first-order chi connectivity index (χ1) is 29.3. The van der Waals surface area contributed by atoms with Crippen molar-refractivity contribution in [2.45, 2.75) is 69.1 Å². The third-order valence-corrected chi connectivity index (χ3v) is 12.4. The molecule has 0 aliphatic carbocycles. The van der Waals surface area contributed by atoms with E-state index in [4.69, 9.17) is 24.2 Å². The van der Waals surface area contributed by atoms with Crippen LogP contribution in [0.3, 0.4) is 0 Å². The Labute approximate surface area is 347 Å². The van der Waals surface area contributed by atoms with Crippen LogP contribution in [0.25, 0.3) is 33.6 Å². The number of carbonyl (C=O) groups is 4. The van der Waals surface area contributed by atoms with Gasteiger partial charge in [0.25, 0.3) is 0 Å². The Balaban J connectivity index is 0.875. The first-order valence-corrected chi connectivity index (χ1v) is 20.6. The molecule has 0 bridgehead atoms. The molecular weight excluding hydrogens is 765 g/mol. The van der Waals surface area contributed by atoms with Gasteiger partial charge in [0.2, 0.25) is 11.8 Å². The summed E-state index contributed by atoms with van der Waals surface area (Å²) >= 11 is 0. The highest BCUT2D eigenvalue weighted by Crippen LogP contribution is 2.45. The van der Waals surface area contributed by atoms with Crippen LogP contribution < -0.4 is 15.5 Å². The Morgan fingerprint density at radius 3 is 2.00 bits per heavy atom. The van der Waals surface area contributed by atoms with Gasteiger partial charge in [-0.05, 0) is 77.8 Å². The first kappa shape index (κ1) is 39.0. The molecule has 2 aromatic heterocycles. The Hall–Kier alpha value is -6.48. The van der Waals surface area contributed by atoms with E-state index in [1.165, 1.54) is 14.2 Å². The molecule has 0 saturated carbocycles. The van der Waals surface area contributed by atoms with E-state index in [-0.39, 0.29) is 29.8 Å². The van der Waals surface area contributed by atoms with E-state index in [1.54, 1.807) is 11.1 Å². The van der Waals surface area contributed by atoms with Crippen LogP contribution >= 0.6 is 0 Å². The molecule has 4 aliphatic heterocycles. The highest BCUT2D eigenvalue weighted by atomic mass is 16.5. The number of likely N-dealkylation sites (tertiary alicyclic amines) is 1. The second-order valence-electron chi connectivity index (χ2n) is 15.9. The summed E-state index contributed by atoms with van der Waals surface area (Å²) in [5, 5.41) is 5.54. The van der Waals surface area contributed by atoms with Crippen molar-refractivity contribution < 1.29 is 33.4 Å². The number of aromatic amines is 2. The zero-order valence-electron chi connectivity index (χ0n) is 33.6. The van der Waals surface area contributed by atoms with Gasteiger partial charge in [0, 0.05) is 26.2 Å². The van der Waals surface area contributed by atoms with Gasteiger partial charge < -0.3 is 39.7 Å². The smallest absolute Gasteiger partial charge is 0.407 e. The van der Waals surface area contributed by atoms with Crippen LogP contribution in [0.4, 0.5) is 15.3 Å². The average Bonchev–Trinajstić information content (AvgIpc) is 4.12. The largest absolute Gasteiger partial charge is 0.453 e. The number of carbonyl (C=O) groups excluding carboxylic acids is 4. The summed E-state index contributed by atoms with van der Waals surface area (Å²) in [5.74, 6) is 1.09. The minimum atomic E-state index is -0.703. The van der Waals surface area contributed by atoms with Crippen LogP contribution in [0.15, 0.2) is 79.1 Å². The average molecular weight is 813 g/mol. The molecule has 4 atom stereocenters. The molecule has 4 aliphatic rings. The lowest BCUT2D eigenvalue weighted by Crippen LogP contribution is -2.53. The second-order valence-corrected chi connectivity index (χ2v) is 15.9. The quantitative estimate of drug-likeness (QED) is 0.134. The van der Waals surface area contributed by atoms with Crippen LogP contribution in [-0.2, 0) is 36.6 Å². The van der Waals surface area contributed by atoms with Crippen molar-refractivity contribution in [1.82, 2.24) is 35.5 Å². The molecular formula is C45H48N8O7. The SMILES string of the molecule is COC(=O)NC1CCc2cccc3c2N(C1=O)[C@H](c1ncc(-c2ccc(-c4ccc(-c5cnc([C@@H]6CCCN6C(=O)C(NC(=O)OC)C6CCOCC6)[nH]5)cc4)cc2)[nH]1)C3. The standard InChI is InChI=1S/C45H48N8O7/c1-58-44(56)50-33-17-16-31-5-3-6-32-23-37(53(39(31)32)42(33)54)41-47-25-35(49-41)29-14-10-27(11-15-29)26-8-12-28(13-9-26)34-24-46-40(48-34)36-7-4-20-52(36)43(55)38(51-45(57)59-2)30-18-21-60-22-19-30/h3,5-6,8-15,24-25,30,33,36-38H,4,7,16-23H2,1-2H3,(H,46,48)(H,47,49)(H,50,56)(H,51,57)/t33?,36-,37-,38?/m0/s1. The molecule has 15 heteroatoms. The number of amides is 4. The molecule has 310 valence electrons.